The molecule has 0 aromatic carbocycles. The van der Waals surface area contributed by atoms with Gasteiger partial charge in [-0.15, -0.1) is 0 Å². The van der Waals surface area contributed by atoms with Gasteiger partial charge in [0.25, 0.3) is 5.91 Å². The van der Waals surface area contributed by atoms with Crippen LogP contribution in [0.4, 0.5) is 0 Å². The van der Waals surface area contributed by atoms with Gasteiger partial charge in [0.05, 0.1) is 5.69 Å². The van der Waals surface area contributed by atoms with Gasteiger partial charge >= 0.3 is 0 Å². The number of primary sulfonamides is 1. The molecule has 0 saturated carbocycles. The summed E-state index contributed by atoms with van der Waals surface area (Å²) in [7, 11) is -4.00. The summed E-state index contributed by atoms with van der Waals surface area (Å²) in [5, 5.41) is 14.2. The van der Waals surface area contributed by atoms with Gasteiger partial charge in [-0.1, -0.05) is 34.6 Å². The molecule has 1 aromatic heterocycles. The second-order valence-corrected chi connectivity index (χ2v) is 7.75. The molecule has 1 rings (SSSR count). The highest BCUT2D eigenvalue weighted by Crippen LogP contribution is 2.24. The molecular formula is C13H24N4O3S. The van der Waals surface area contributed by atoms with Crippen molar-refractivity contribution in [3.8, 4) is 0 Å². The molecule has 0 radical (unpaired) electrons. The second-order valence-electron chi connectivity index (χ2n) is 6.26. The first-order valence-corrected chi connectivity index (χ1v) is 8.41. The molecule has 1 aromatic rings. The number of aromatic nitrogens is 2. The highest BCUT2D eigenvalue weighted by atomic mass is 32.2. The first-order valence-electron chi connectivity index (χ1n) is 6.86. The van der Waals surface area contributed by atoms with Crippen LogP contribution in [0.25, 0.3) is 0 Å². The Morgan fingerprint density at radius 3 is 2.43 bits per heavy atom. The minimum absolute atomic E-state index is 0.0379. The first-order chi connectivity index (χ1) is 9.48. The number of H-pyrrole nitrogens is 1. The summed E-state index contributed by atoms with van der Waals surface area (Å²) in [6.45, 7) is 10.4. The van der Waals surface area contributed by atoms with Crippen molar-refractivity contribution in [1.29, 1.82) is 0 Å². The largest absolute Gasteiger partial charge is 0.350 e. The average Bonchev–Trinajstić information content (AvgIpc) is 2.77. The Bertz CT molecular complexity index is 614. The molecule has 0 aliphatic heterocycles. The third kappa shape index (κ3) is 4.28. The molecule has 1 heterocycles. The van der Waals surface area contributed by atoms with Crippen molar-refractivity contribution in [3.05, 3.63) is 11.4 Å². The smallest absolute Gasteiger partial charge is 0.273 e. The summed E-state index contributed by atoms with van der Waals surface area (Å²) in [5.74, 6) is -0.310. The molecule has 0 fully saturated rings. The third-order valence-corrected chi connectivity index (χ3v) is 4.70. The van der Waals surface area contributed by atoms with E-state index in [0.29, 0.717) is 18.7 Å². The number of carbonyl (C=O) groups excluding carboxylic acids is 1. The predicted octanol–water partition coefficient (Wildman–Crippen LogP) is 1.03. The van der Waals surface area contributed by atoms with Crippen LogP contribution in [0.15, 0.2) is 4.90 Å². The lowest BCUT2D eigenvalue weighted by atomic mass is 9.82. The van der Waals surface area contributed by atoms with Crippen LogP contribution in [0, 0.1) is 11.3 Å². The summed E-state index contributed by atoms with van der Waals surface area (Å²) in [6.07, 6.45) is 0.393. The summed E-state index contributed by atoms with van der Waals surface area (Å²) in [4.78, 5) is 11.9. The predicted molar refractivity (Wildman–Crippen MR) is 80.3 cm³/mol. The summed E-state index contributed by atoms with van der Waals surface area (Å²) >= 11 is 0. The number of rotatable bonds is 5. The van der Waals surface area contributed by atoms with Gasteiger partial charge in [0.15, 0.2) is 5.69 Å². The van der Waals surface area contributed by atoms with E-state index in [-0.39, 0.29) is 21.9 Å². The Morgan fingerprint density at radius 2 is 2.00 bits per heavy atom. The zero-order valence-electron chi connectivity index (χ0n) is 13.1. The van der Waals surface area contributed by atoms with E-state index in [2.05, 4.69) is 36.3 Å². The molecule has 0 aliphatic carbocycles. The summed E-state index contributed by atoms with van der Waals surface area (Å²) in [5.41, 5.74) is 0.206. The number of nitrogens with zero attached hydrogens (tertiary/aromatic N) is 1. The Balaban J connectivity index is 2.97. The number of aryl methyl sites for hydroxylation is 1. The number of amides is 1. The number of nitrogens with two attached hydrogens (primary N) is 1. The lowest BCUT2D eigenvalue weighted by Gasteiger charge is -2.27. The first kappa shape index (κ1) is 17.6. The van der Waals surface area contributed by atoms with Crippen molar-refractivity contribution >= 4 is 15.9 Å². The van der Waals surface area contributed by atoms with Crippen LogP contribution in [0.5, 0.6) is 0 Å². The molecule has 0 saturated heterocycles. The maximum absolute atomic E-state index is 12.2. The topological polar surface area (TPSA) is 118 Å². The Kier molecular flexibility index (Phi) is 5.16. The maximum atomic E-state index is 12.2. The normalized spacial score (nSPS) is 14.0. The van der Waals surface area contributed by atoms with E-state index < -0.39 is 15.9 Å². The van der Waals surface area contributed by atoms with Crippen molar-refractivity contribution in [2.75, 3.05) is 6.54 Å². The number of hydrogen-bond acceptors (Lipinski definition) is 4. The molecule has 120 valence electrons. The van der Waals surface area contributed by atoms with Crippen molar-refractivity contribution in [3.63, 3.8) is 0 Å². The molecule has 1 unspecified atom stereocenters. The molecule has 7 nitrogen and oxygen atoms in total. The molecular weight excluding hydrogens is 292 g/mol. The lowest BCUT2D eigenvalue weighted by Crippen LogP contribution is -2.34. The molecule has 4 N–H and O–H groups in total. The molecule has 1 atom stereocenters. The van der Waals surface area contributed by atoms with Crippen LogP contribution in [0.1, 0.15) is 50.8 Å². The van der Waals surface area contributed by atoms with Gasteiger partial charge in [-0.25, -0.2) is 13.6 Å². The van der Waals surface area contributed by atoms with Crippen LogP contribution in [0.2, 0.25) is 0 Å². The van der Waals surface area contributed by atoms with Crippen molar-refractivity contribution < 1.29 is 13.2 Å². The molecule has 0 spiro atoms. The maximum Gasteiger partial charge on any atom is 0.273 e. The van der Waals surface area contributed by atoms with Crippen LogP contribution in [-0.4, -0.2) is 31.1 Å². The van der Waals surface area contributed by atoms with Gasteiger partial charge in [-0.05, 0) is 17.8 Å². The minimum Gasteiger partial charge on any atom is -0.350 e. The van der Waals surface area contributed by atoms with Crippen molar-refractivity contribution in [2.45, 2.75) is 45.9 Å². The monoisotopic (exact) mass is 316 g/mol. The van der Waals surface area contributed by atoms with Crippen LogP contribution >= 0.6 is 0 Å². The fourth-order valence-corrected chi connectivity index (χ4v) is 2.64. The van der Waals surface area contributed by atoms with E-state index in [1.54, 1.807) is 6.92 Å². The van der Waals surface area contributed by atoms with Gasteiger partial charge in [0.2, 0.25) is 10.0 Å². The molecule has 0 aliphatic rings. The van der Waals surface area contributed by atoms with E-state index in [1.165, 1.54) is 0 Å². The van der Waals surface area contributed by atoms with Crippen molar-refractivity contribution in [1.82, 2.24) is 15.5 Å². The molecule has 8 heteroatoms. The number of carbonyl (C=O) groups is 1. The number of aromatic amines is 1. The minimum atomic E-state index is -4.00. The highest BCUT2D eigenvalue weighted by Gasteiger charge is 2.27. The van der Waals surface area contributed by atoms with E-state index in [0.717, 1.165) is 0 Å². The third-order valence-electron chi connectivity index (χ3n) is 3.69. The van der Waals surface area contributed by atoms with E-state index in [9.17, 15) is 13.2 Å². The number of sulfonamides is 1. The second kappa shape index (κ2) is 6.15. The molecule has 0 bridgehead atoms. The van der Waals surface area contributed by atoms with Gasteiger partial charge in [-0.3, -0.25) is 9.89 Å². The fourth-order valence-electron chi connectivity index (χ4n) is 1.70. The van der Waals surface area contributed by atoms with Gasteiger partial charge < -0.3 is 5.32 Å². The highest BCUT2D eigenvalue weighted by molar-refractivity contribution is 7.89. The Hall–Kier alpha value is -1.41. The average molecular weight is 316 g/mol. The quantitative estimate of drug-likeness (QED) is 0.751. The van der Waals surface area contributed by atoms with Gasteiger partial charge in [-0.2, -0.15) is 5.10 Å². The Labute approximate surface area is 125 Å². The SMILES string of the molecule is CCc1[nH]nc(C(=O)NCC(C)C(C)(C)C)c1S(N)(=O)=O. The zero-order valence-corrected chi connectivity index (χ0v) is 14.0. The van der Waals surface area contributed by atoms with E-state index in [1.807, 2.05) is 6.92 Å². The lowest BCUT2D eigenvalue weighted by molar-refractivity contribution is 0.0928. The van der Waals surface area contributed by atoms with Gasteiger partial charge in [0, 0.05) is 6.54 Å². The number of hydrogen-bond donors (Lipinski definition) is 3. The van der Waals surface area contributed by atoms with Gasteiger partial charge in [0.1, 0.15) is 4.90 Å². The Morgan fingerprint density at radius 1 is 1.43 bits per heavy atom. The molecule has 1 amide bonds. The van der Waals surface area contributed by atoms with E-state index in [4.69, 9.17) is 5.14 Å². The summed E-state index contributed by atoms with van der Waals surface area (Å²) in [6, 6.07) is 0. The van der Waals surface area contributed by atoms with E-state index >= 15 is 0 Å². The molecule has 21 heavy (non-hydrogen) atoms. The number of nitrogens with one attached hydrogen (secondary N) is 2. The fraction of sp³-hybridized carbons (Fsp3) is 0.692. The zero-order chi connectivity index (χ0) is 16.4. The van der Waals surface area contributed by atoms with Crippen LogP contribution in [0.3, 0.4) is 0 Å². The van der Waals surface area contributed by atoms with Crippen LogP contribution < -0.4 is 10.5 Å². The van der Waals surface area contributed by atoms with Crippen LogP contribution in [-0.2, 0) is 16.4 Å². The van der Waals surface area contributed by atoms with Crippen molar-refractivity contribution in [2.24, 2.45) is 16.5 Å². The standard InChI is InChI=1S/C13H24N4O3S/c1-6-9-11(21(14,19)20)10(17-16-9)12(18)15-7-8(2)13(3,4)5/h8H,6-7H2,1-5H3,(H,15,18)(H,16,17)(H2,14,19,20). The summed E-state index contributed by atoms with van der Waals surface area (Å²) < 4.78 is 23.3.